The third kappa shape index (κ3) is 4.31. The Kier molecular flexibility index (Phi) is 5.32. The zero-order valence-electron chi connectivity index (χ0n) is 11.9. The highest BCUT2D eigenvalue weighted by molar-refractivity contribution is 5.68. The number of hydrogen-bond donors (Lipinski definition) is 1. The first-order valence-corrected chi connectivity index (χ1v) is 6.79. The fourth-order valence-electron chi connectivity index (χ4n) is 2.08. The molecular weight excluding hydrogens is 269 g/mol. The third-order valence-corrected chi connectivity index (χ3v) is 3.22. The predicted octanol–water partition coefficient (Wildman–Crippen LogP) is 3.93. The standard InChI is InChI=1S/C17H18FNO2/c1-13-7-5-6-10-15(13)16(11-18)19-17(20)21-12-14-8-3-2-4-9-14/h2-10,16H,11-12H2,1H3,(H,19,20). The van der Waals surface area contributed by atoms with Gasteiger partial charge in [0, 0.05) is 0 Å². The number of halogens is 1. The van der Waals surface area contributed by atoms with Crippen LogP contribution in [-0.2, 0) is 11.3 Å². The number of carbonyl (C=O) groups is 1. The number of nitrogens with one attached hydrogen (secondary N) is 1. The van der Waals surface area contributed by atoms with Crippen molar-refractivity contribution in [2.45, 2.75) is 19.6 Å². The number of hydrogen-bond acceptors (Lipinski definition) is 2. The third-order valence-electron chi connectivity index (χ3n) is 3.22. The minimum atomic E-state index is -0.686. The molecule has 2 aromatic rings. The van der Waals surface area contributed by atoms with E-state index in [0.29, 0.717) is 0 Å². The maximum atomic E-state index is 13.2. The van der Waals surface area contributed by atoms with Crippen LogP contribution in [0, 0.1) is 6.92 Å². The summed E-state index contributed by atoms with van der Waals surface area (Å²) < 4.78 is 18.3. The van der Waals surface area contributed by atoms with Crippen LogP contribution in [0.4, 0.5) is 9.18 Å². The van der Waals surface area contributed by atoms with Crippen LogP contribution in [0.15, 0.2) is 54.6 Å². The highest BCUT2D eigenvalue weighted by Crippen LogP contribution is 2.18. The summed E-state index contributed by atoms with van der Waals surface area (Å²) in [5, 5.41) is 2.56. The van der Waals surface area contributed by atoms with Gasteiger partial charge in [-0.3, -0.25) is 0 Å². The Bertz CT molecular complexity index is 586. The molecule has 0 heterocycles. The molecule has 2 aromatic carbocycles. The average molecular weight is 287 g/mol. The van der Waals surface area contributed by atoms with Gasteiger partial charge in [0.15, 0.2) is 0 Å². The van der Waals surface area contributed by atoms with Gasteiger partial charge in [0.2, 0.25) is 0 Å². The van der Waals surface area contributed by atoms with E-state index in [4.69, 9.17) is 4.74 Å². The van der Waals surface area contributed by atoms with E-state index in [1.807, 2.05) is 55.5 Å². The van der Waals surface area contributed by atoms with E-state index < -0.39 is 18.8 Å². The highest BCUT2D eigenvalue weighted by Gasteiger charge is 2.16. The van der Waals surface area contributed by atoms with Crippen molar-refractivity contribution in [3.05, 3.63) is 71.3 Å². The number of ether oxygens (including phenoxy) is 1. The molecule has 0 aliphatic rings. The number of alkyl halides is 1. The SMILES string of the molecule is Cc1ccccc1C(CF)NC(=O)OCc1ccccc1. The number of amides is 1. The van der Waals surface area contributed by atoms with E-state index in [1.54, 1.807) is 6.07 Å². The molecule has 0 fully saturated rings. The van der Waals surface area contributed by atoms with Crippen LogP contribution in [0.2, 0.25) is 0 Å². The van der Waals surface area contributed by atoms with Crippen molar-refractivity contribution >= 4 is 6.09 Å². The Labute approximate surface area is 123 Å². The van der Waals surface area contributed by atoms with Crippen LogP contribution in [0.5, 0.6) is 0 Å². The van der Waals surface area contributed by atoms with Gasteiger partial charge in [-0.15, -0.1) is 0 Å². The molecule has 0 radical (unpaired) electrons. The number of benzene rings is 2. The summed E-state index contributed by atoms with van der Waals surface area (Å²) >= 11 is 0. The topological polar surface area (TPSA) is 38.3 Å². The van der Waals surface area contributed by atoms with Crippen molar-refractivity contribution in [3.63, 3.8) is 0 Å². The molecule has 0 saturated heterocycles. The molecule has 1 atom stereocenters. The Morgan fingerprint density at radius 1 is 1.14 bits per heavy atom. The zero-order valence-corrected chi connectivity index (χ0v) is 11.9. The van der Waals surface area contributed by atoms with Crippen LogP contribution in [-0.4, -0.2) is 12.8 Å². The van der Waals surface area contributed by atoms with Gasteiger partial charge in [-0.2, -0.15) is 0 Å². The maximum absolute atomic E-state index is 13.2. The first-order chi connectivity index (χ1) is 10.2. The minimum Gasteiger partial charge on any atom is -0.445 e. The Morgan fingerprint density at radius 3 is 2.48 bits per heavy atom. The summed E-state index contributed by atoms with van der Waals surface area (Å²) in [6.45, 7) is 1.37. The van der Waals surface area contributed by atoms with Crippen molar-refractivity contribution in [3.8, 4) is 0 Å². The molecule has 2 rings (SSSR count). The van der Waals surface area contributed by atoms with E-state index in [9.17, 15) is 9.18 Å². The van der Waals surface area contributed by atoms with Crippen molar-refractivity contribution < 1.29 is 13.9 Å². The quantitative estimate of drug-likeness (QED) is 0.904. The molecule has 0 aromatic heterocycles. The number of carbonyl (C=O) groups excluding carboxylic acids is 1. The van der Waals surface area contributed by atoms with Gasteiger partial charge in [0.1, 0.15) is 13.3 Å². The lowest BCUT2D eigenvalue weighted by Gasteiger charge is -2.17. The fraction of sp³-hybridized carbons (Fsp3) is 0.235. The second-order valence-corrected chi connectivity index (χ2v) is 4.77. The second-order valence-electron chi connectivity index (χ2n) is 4.77. The maximum Gasteiger partial charge on any atom is 0.408 e. The molecule has 21 heavy (non-hydrogen) atoms. The number of aryl methyl sites for hydroxylation is 1. The van der Waals surface area contributed by atoms with E-state index in [2.05, 4.69) is 5.32 Å². The second kappa shape index (κ2) is 7.43. The highest BCUT2D eigenvalue weighted by atomic mass is 19.1. The smallest absolute Gasteiger partial charge is 0.408 e. The molecule has 0 aliphatic carbocycles. The van der Waals surface area contributed by atoms with Gasteiger partial charge in [-0.05, 0) is 23.6 Å². The summed E-state index contributed by atoms with van der Waals surface area (Å²) in [6, 6.07) is 16.1. The van der Waals surface area contributed by atoms with Crippen LogP contribution >= 0.6 is 0 Å². The van der Waals surface area contributed by atoms with Crippen LogP contribution in [0.25, 0.3) is 0 Å². The molecule has 4 heteroatoms. The molecule has 0 spiro atoms. The molecular formula is C17H18FNO2. The van der Waals surface area contributed by atoms with E-state index >= 15 is 0 Å². The molecule has 0 saturated carbocycles. The molecule has 1 amide bonds. The summed E-state index contributed by atoms with van der Waals surface area (Å²) in [4.78, 5) is 11.8. The minimum absolute atomic E-state index is 0.166. The van der Waals surface area contributed by atoms with Crippen molar-refractivity contribution in [2.75, 3.05) is 6.67 Å². The summed E-state index contributed by atoms with van der Waals surface area (Å²) in [6.07, 6.45) is -0.621. The zero-order chi connectivity index (χ0) is 15.1. The van der Waals surface area contributed by atoms with Crippen molar-refractivity contribution in [2.24, 2.45) is 0 Å². The lowest BCUT2D eigenvalue weighted by molar-refractivity contribution is 0.133. The summed E-state index contributed by atoms with van der Waals surface area (Å²) in [5.74, 6) is 0. The predicted molar refractivity (Wildman–Crippen MR) is 79.7 cm³/mol. The van der Waals surface area contributed by atoms with E-state index in [-0.39, 0.29) is 6.61 Å². The molecule has 0 bridgehead atoms. The van der Waals surface area contributed by atoms with Gasteiger partial charge in [-0.1, -0.05) is 54.6 Å². The van der Waals surface area contributed by atoms with Crippen LogP contribution in [0.3, 0.4) is 0 Å². The Hall–Kier alpha value is -2.36. The largest absolute Gasteiger partial charge is 0.445 e. The lowest BCUT2D eigenvalue weighted by atomic mass is 10.0. The van der Waals surface area contributed by atoms with E-state index in [1.165, 1.54) is 0 Å². The molecule has 0 aliphatic heterocycles. The Balaban J connectivity index is 1.93. The molecule has 1 N–H and O–H groups in total. The summed E-state index contributed by atoms with van der Waals surface area (Å²) in [5.41, 5.74) is 2.58. The molecule has 110 valence electrons. The number of alkyl carbamates (subject to hydrolysis) is 1. The molecule has 3 nitrogen and oxygen atoms in total. The van der Waals surface area contributed by atoms with Crippen molar-refractivity contribution in [1.29, 1.82) is 0 Å². The van der Waals surface area contributed by atoms with Gasteiger partial charge in [-0.25, -0.2) is 9.18 Å². The first-order valence-electron chi connectivity index (χ1n) is 6.79. The first kappa shape index (κ1) is 15.0. The summed E-state index contributed by atoms with van der Waals surface area (Å²) in [7, 11) is 0. The van der Waals surface area contributed by atoms with E-state index in [0.717, 1.165) is 16.7 Å². The van der Waals surface area contributed by atoms with Crippen molar-refractivity contribution in [1.82, 2.24) is 5.32 Å². The molecule has 1 unspecified atom stereocenters. The monoisotopic (exact) mass is 287 g/mol. The number of rotatable bonds is 5. The van der Waals surface area contributed by atoms with Gasteiger partial charge >= 0.3 is 6.09 Å². The fourth-order valence-corrected chi connectivity index (χ4v) is 2.08. The lowest BCUT2D eigenvalue weighted by Crippen LogP contribution is -2.30. The van der Waals surface area contributed by atoms with Gasteiger partial charge < -0.3 is 10.1 Å². The average Bonchev–Trinajstić information content (AvgIpc) is 2.52. The Morgan fingerprint density at radius 2 is 1.81 bits per heavy atom. The van der Waals surface area contributed by atoms with Gasteiger partial charge in [0.25, 0.3) is 0 Å². The van der Waals surface area contributed by atoms with Crippen LogP contribution < -0.4 is 5.32 Å². The van der Waals surface area contributed by atoms with Crippen LogP contribution in [0.1, 0.15) is 22.7 Å². The normalized spacial score (nSPS) is 11.7. The van der Waals surface area contributed by atoms with Gasteiger partial charge in [0.05, 0.1) is 6.04 Å².